The summed E-state index contributed by atoms with van der Waals surface area (Å²) in [4.78, 5) is 21.3. The van der Waals surface area contributed by atoms with Gasteiger partial charge in [-0.15, -0.1) is 0 Å². The minimum atomic E-state index is -0.320. The smallest absolute Gasteiger partial charge is 0.230 e. The summed E-state index contributed by atoms with van der Waals surface area (Å²) in [5.41, 5.74) is 2.91. The highest BCUT2D eigenvalue weighted by Crippen LogP contribution is 2.48. The molecular weight excluding hydrogens is 324 g/mol. The van der Waals surface area contributed by atoms with Crippen LogP contribution in [0.2, 0.25) is 0 Å². The molecule has 1 aliphatic rings. The molecule has 0 atom stereocenters. The van der Waals surface area contributed by atoms with Crippen LogP contribution < -0.4 is 5.32 Å². The highest BCUT2D eigenvalue weighted by molar-refractivity contribution is 5.91. The second-order valence-corrected chi connectivity index (χ2v) is 6.81. The Bertz CT molecular complexity index is 898. The molecule has 1 N–H and O–H groups in total. The average molecular weight is 346 g/mol. The molecular formula is C21H22N4O. The Hall–Kier alpha value is -2.95. The topological polar surface area (TPSA) is 59.8 Å². The third kappa shape index (κ3) is 3.01. The number of nitrogens with one attached hydrogen (secondary N) is 1. The molecule has 3 aromatic rings. The molecule has 4 rings (SSSR count). The summed E-state index contributed by atoms with van der Waals surface area (Å²) in [5.74, 6) is 1.04. The van der Waals surface area contributed by atoms with Crippen molar-refractivity contribution >= 4 is 5.91 Å². The zero-order chi connectivity index (χ0) is 18.0. The molecule has 2 heterocycles. The van der Waals surface area contributed by atoms with E-state index in [0.29, 0.717) is 13.1 Å². The largest absolute Gasteiger partial charge is 0.354 e. The van der Waals surface area contributed by atoms with Gasteiger partial charge in [-0.3, -0.25) is 9.78 Å². The van der Waals surface area contributed by atoms with Crippen LogP contribution in [0, 0.1) is 6.92 Å². The van der Waals surface area contributed by atoms with Crippen molar-refractivity contribution in [2.75, 3.05) is 6.54 Å². The number of amides is 1. The van der Waals surface area contributed by atoms with E-state index >= 15 is 0 Å². The van der Waals surface area contributed by atoms with Crippen molar-refractivity contribution in [2.24, 2.45) is 0 Å². The fourth-order valence-electron chi connectivity index (χ4n) is 3.45. The SMILES string of the molecule is Cc1cnc(-c2ccncc2)n1CCNC(=O)C1(c2ccccc2)CC1. The van der Waals surface area contributed by atoms with Crippen LogP contribution in [0.3, 0.4) is 0 Å². The number of hydrogen-bond donors (Lipinski definition) is 1. The Morgan fingerprint density at radius 1 is 1.15 bits per heavy atom. The summed E-state index contributed by atoms with van der Waals surface area (Å²) >= 11 is 0. The third-order valence-electron chi connectivity index (χ3n) is 5.13. The predicted octanol–water partition coefficient (Wildman–Crippen LogP) is 3.10. The molecule has 5 nitrogen and oxygen atoms in total. The summed E-state index contributed by atoms with van der Waals surface area (Å²) in [6.45, 7) is 3.31. The Morgan fingerprint density at radius 2 is 1.88 bits per heavy atom. The lowest BCUT2D eigenvalue weighted by Gasteiger charge is -2.17. The first-order valence-electron chi connectivity index (χ1n) is 8.97. The molecule has 2 aromatic heterocycles. The van der Waals surface area contributed by atoms with Gasteiger partial charge in [-0.2, -0.15) is 0 Å². The molecule has 0 spiro atoms. The van der Waals surface area contributed by atoms with Crippen LogP contribution in [0.15, 0.2) is 61.1 Å². The van der Waals surface area contributed by atoms with Gasteiger partial charge < -0.3 is 9.88 Å². The fraction of sp³-hybridized carbons (Fsp3) is 0.286. The van der Waals surface area contributed by atoms with Crippen LogP contribution in [-0.4, -0.2) is 27.0 Å². The number of rotatable bonds is 6. The molecule has 132 valence electrons. The van der Waals surface area contributed by atoms with E-state index in [9.17, 15) is 4.79 Å². The predicted molar refractivity (Wildman–Crippen MR) is 101 cm³/mol. The second kappa shape index (κ2) is 6.75. The van der Waals surface area contributed by atoms with Crippen molar-refractivity contribution in [3.63, 3.8) is 0 Å². The lowest BCUT2D eigenvalue weighted by molar-refractivity contribution is -0.123. The molecule has 0 radical (unpaired) electrons. The number of carbonyl (C=O) groups excluding carboxylic acids is 1. The third-order valence-corrected chi connectivity index (χ3v) is 5.13. The number of pyridine rings is 1. The number of nitrogens with zero attached hydrogens (tertiary/aromatic N) is 3. The summed E-state index contributed by atoms with van der Waals surface area (Å²) in [5, 5.41) is 3.13. The lowest BCUT2D eigenvalue weighted by Crippen LogP contribution is -2.36. The molecule has 0 bridgehead atoms. The number of aromatic nitrogens is 3. The van der Waals surface area contributed by atoms with Crippen LogP contribution in [0.25, 0.3) is 11.4 Å². The Balaban J connectivity index is 1.43. The Labute approximate surface area is 153 Å². The van der Waals surface area contributed by atoms with Crippen LogP contribution in [0.1, 0.15) is 24.1 Å². The van der Waals surface area contributed by atoms with E-state index in [-0.39, 0.29) is 11.3 Å². The Morgan fingerprint density at radius 3 is 2.58 bits per heavy atom. The lowest BCUT2D eigenvalue weighted by atomic mass is 9.95. The van der Waals surface area contributed by atoms with E-state index in [2.05, 4.69) is 19.9 Å². The van der Waals surface area contributed by atoms with Crippen molar-refractivity contribution in [1.82, 2.24) is 19.9 Å². The van der Waals surface area contributed by atoms with Crippen molar-refractivity contribution in [3.05, 3.63) is 72.3 Å². The van der Waals surface area contributed by atoms with Crippen molar-refractivity contribution in [2.45, 2.75) is 31.7 Å². The van der Waals surface area contributed by atoms with E-state index < -0.39 is 0 Å². The minimum absolute atomic E-state index is 0.131. The first kappa shape index (κ1) is 16.5. The van der Waals surface area contributed by atoms with E-state index in [1.54, 1.807) is 12.4 Å². The van der Waals surface area contributed by atoms with Crippen LogP contribution in [-0.2, 0) is 16.8 Å². The molecule has 26 heavy (non-hydrogen) atoms. The monoisotopic (exact) mass is 346 g/mol. The summed E-state index contributed by atoms with van der Waals surface area (Å²) in [6.07, 6.45) is 7.25. The van der Waals surface area contributed by atoms with Gasteiger partial charge in [0.05, 0.1) is 5.41 Å². The molecule has 1 fully saturated rings. The summed E-state index contributed by atoms with van der Waals surface area (Å²) in [6, 6.07) is 14.0. The quantitative estimate of drug-likeness (QED) is 0.746. The van der Waals surface area contributed by atoms with Crippen molar-refractivity contribution < 1.29 is 4.79 Å². The van der Waals surface area contributed by atoms with Gasteiger partial charge in [0.1, 0.15) is 5.82 Å². The maximum Gasteiger partial charge on any atom is 0.230 e. The van der Waals surface area contributed by atoms with Gasteiger partial charge in [0.15, 0.2) is 0 Å². The highest BCUT2D eigenvalue weighted by Gasteiger charge is 2.50. The molecule has 1 aliphatic carbocycles. The number of hydrogen-bond acceptors (Lipinski definition) is 3. The molecule has 5 heteroatoms. The maximum atomic E-state index is 12.8. The van der Waals surface area contributed by atoms with E-state index in [4.69, 9.17) is 0 Å². The van der Waals surface area contributed by atoms with Gasteiger partial charge in [-0.1, -0.05) is 30.3 Å². The van der Waals surface area contributed by atoms with E-state index in [0.717, 1.165) is 35.5 Å². The van der Waals surface area contributed by atoms with Gasteiger partial charge >= 0.3 is 0 Å². The standard InChI is InChI=1S/C21H22N4O/c1-16-15-24-19(17-7-11-22-12-8-17)25(16)14-13-23-20(26)21(9-10-21)18-5-3-2-4-6-18/h2-8,11-12,15H,9-10,13-14H2,1H3,(H,23,26). The fourth-order valence-corrected chi connectivity index (χ4v) is 3.45. The van der Waals surface area contributed by atoms with Gasteiger partial charge in [-0.05, 0) is 37.5 Å². The Kier molecular flexibility index (Phi) is 4.29. The number of benzene rings is 1. The van der Waals surface area contributed by atoms with Crippen LogP contribution in [0.5, 0.6) is 0 Å². The summed E-state index contributed by atoms with van der Waals surface area (Å²) in [7, 11) is 0. The van der Waals surface area contributed by atoms with Gasteiger partial charge in [0, 0.05) is 42.9 Å². The summed E-state index contributed by atoms with van der Waals surface area (Å²) < 4.78 is 2.14. The molecule has 0 aliphatic heterocycles. The highest BCUT2D eigenvalue weighted by atomic mass is 16.2. The van der Waals surface area contributed by atoms with Crippen LogP contribution in [0.4, 0.5) is 0 Å². The molecule has 0 saturated heterocycles. The van der Waals surface area contributed by atoms with Gasteiger partial charge in [0.2, 0.25) is 5.91 Å². The van der Waals surface area contributed by atoms with E-state index in [1.165, 1.54) is 0 Å². The van der Waals surface area contributed by atoms with Gasteiger partial charge in [-0.25, -0.2) is 4.98 Å². The van der Waals surface area contributed by atoms with Crippen molar-refractivity contribution in [3.8, 4) is 11.4 Å². The average Bonchev–Trinajstić information content (AvgIpc) is 3.43. The van der Waals surface area contributed by atoms with E-state index in [1.807, 2.05) is 55.6 Å². The number of aryl methyl sites for hydroxylation is 1. The van der Waals surface area contributed by atoms with Crippen LogP contribution >= 0.6 is 0 Å². The zero-order valence-corrected chi connectivity index (χ0v) is 14.9. The second-order valence-electron chi connectivity index (χ2n) is 6.81. The first-order valence-corrected chi connectivity index (χ1v) is 8.97. The zero-order valence-electron chi connectivity index (χ0n) is 14.9. The molecule has 1 amide bonds. The number of carbonyl (C=O) groups is 1. The first-order chi connectivity index (χ1) is 12.7. The maximum absolute atomic E-state index is 12.8. The minimum Gasteiger partial charge on any atom is -0.354 e. The number of imidazole rings is 1. The van der Waals surface area contributed by atoms with Gasteiger partial charge in [0.25, 0.3) is 0 Å². The van der Waals surface area contributed by atoms with Crippen molar-refractivity contribution in [1.29, 1.82) is 0 Å². The molecule has 0 unspecified atom stereocenters. The molecule has 1 aromatic carbocycles. The normalized spacial score (nSPS) is 14.8. The molecule has 1 saturated carbocycles.